The number of benzene rings is 3. The van der Waals surface area contributed by atoms with Crippen LogP contribution in [0.1, 0.15) is 39.0 Å². The van der Waals surface area contributed by atoms with E-state index in [-0.39, 0.29) is 0 Å². The fraction of sp³-hybridized carbons (Fsp3) is 0.0870. The molecular formula is C23H16N2O3. The summed E-state index contributed by atoms with van der Waals surface area (Å²) in [7, 11) is 0. The van der Waals surface area contributed by atoms with E-state index in [1.807, 2.05) is 55.5 Å². The third kappa shape index (κ3) is 2.29. The van der Waals surface area contributed by atoms with Crippen molar-refractivity contribution >= 4 is 39.8 Å². The molecular weight excluding hydrogens is 352 g/mol. The fourth-order valence-electron chi connectivity index (χ4n) is 3.76. The zero-order chi connectivity index (χ0) is 19.3. The number of hydrogen-bond acceptors (Lipinski definition) is 4. The molecule has 0 spiro atoms. The quantitative estimate of drug-likeness (QED) is 0.386. The number of imide groups is 1. The largest absolute Gasteiger partial charge is 0.460 e. The van der Waals surface area contributed by atoms with Crippen molar-refractivity contribution < 1.29 is 14.0 Å². The number of amides is 2. The zero-order valence-corrected chi connectivity index (χ0v) is 15.2. The van der Waals surface area contributed by atoms with Gasteiger partial charge in [-0.2, -0.15) is 10.1 Å². The normalized spacial score (nSPS) is 14.0. The predicted molar refractivity (Wildman–Crippen MR) is 108 cm³/mol. The summed E-state index contributed by atoms with van der Waals surface area (Å²) in [6.07, 6.45) is 2.23. The Morgan fingerprint density at radius 2 is 1.61 bits per heavy atom. The molecule has 0 atom stereocenters. The van der Waals surface area contributed by atoms with Crippen molar-refractivity contribution in [2.24, 2.45) is 5.10 Å². The van der Waals surface area contributed by atoms with Gasteiger partial charge in [0.25, 0.3) is 11.8 Å². The lowest BCUT2D eigenvalue weighted by Gasteiger charge is -2.22. The maximum absolute atomic E-state index is 13.0. The lowest BCUT2D eigenvalue weighted by atomic mass is 9.95. The van der Waals surface area contributed by atoms with Gasteiger partial charge in [0.15, 0.2) is 0 Å². The van der Waals surface area contributed by atoms with Gasteiger partial charge >= 0.3 is 0 Å². The van der Waals surface area contributed by atoms with Crippen LogP contribution in [-0.2, 0) is 6.42 Å². The van der Waals surface area contributed by atoms with Crippen molar-refractivity contribution in [3.05, 3.63) is 83.1 Å². The molecule has 0 fully saturated rings. The minimum atomic E-state index is -0.420. The Kier molecular flexibility index (Phi) is 3.62. The van der Waals surface area contributed by atoms with Crippen LogP contribution >= 0.6 is 0 Å². The van der Waals surface area contributed by atoms with Crippen LogP contribution < -0.4 is 0 Å². The van der Waals surface area contributed by atoms with Gasteiger partial charge in [-0.15, -0.1) is 0 Å². The van der Waals surface area contributed by atoms with Crippen molar-refractivity contribution in [1.82, 2.24) is 5.01 Å². The molecule has 0 saturated heterocycles. The van der Waals surface area contributed by atoms with E-state index >= 15 is 0 Å². The lowest BCUT2D eigenvalue weighted by Crippen LogP contribution is -2.36. The Balaban J connectivity index is 1.62. The van der Waals surface area contributed by atoms with Crippen LogP contribution in [-0.4, -0.2) is 23.0 Å². The summed E-state index contributed by atoms with van der Waals surface area (Å²) in [6.45, 7) is 1.99. The SMILES string of the molecule is CCc1oc2ccccc2c1/C=N\N1C(=O)c2cccc3cccc(c23)C1=O. The van der Waals surface area contributed by atoms with Gasteiger partial charge in [0.2, 0.25) is 0 Å². The van der Waals surface area contributed by atoms with Gasteiger partial charge in [0.05, 0.1) is 17.3 Å². The van der Waals surface area contributed by atoms with Crippen molar-refractivity contribution in [3.8, 4) is 0 Å². The Bertz CT molecular complexity index is 1250. The first kappa shape index (κ1) is 16.4. The maximum atomic E-state index is 13.0. The Morgan fingerprint density at radius 3 is 2.29 bits per heavy atom. The molecule has 0 radical (unpaired) electrons. The highest BCUT2D eigenvalue weighted by Crippen LogP contribution is 2.30. The zero-order valence-electron chi connectivity index (χ0n) is 15.2. The number of para-hydroxylation sites is 1. The van der Waals surface area contributed by atoms with E-state index < -0.39 is 11.8 Å². The third-order valence-corrected chi connectivity index (χ3v) is 5.08. The number of fused-ring (bicyclic) bond motifs is 1. The summed E-state index contributed by atoms with van der Waals surface area (Å²) >= 11 is 0. The van der Waals surface area contributed by atoms with Crippen LogP contribution in [0.25, 0.3) is 21.7 Å². The van der Waals surface area contributed by atoms with E-state index in [0.29, 0.717) is 22.9 Å². The second-order valence-corrected chi connectivity index (χ2v) is 6.66. The number of carbonyl (C=O) groups excluding carboxylic acids is 2. The van der Waals surface area contributed by atoms with E-state index in [9.17, 15) is 9.59 Å². The van der Waals surface area contributed by atoms with Crippen molar-refractivity contribution in [2.75, 3.05) is 0 Å². The number of furan rings is 1. The van der Waals surface area contributed by atoms with Crippen LogP contribution in [0.2, 0.25) is 0 Å². The average Bonchev–Trinajstić information content (AvgIpc) is 3.09. The molecule has 2 heterocycles. The predicted octanol–water partition coefficient (Wildman–Crippen LogP) is 4.78. The molecule has 0 saturated carbocycles. The molecule has 0 N–H and O–H groups in total. The highest BCUT2D eigenvalue weighted by molar-refractivity contribution is 6.25. The minimum Gasteiger partial charge on any atom is -0.460 e. The highest BCUT2D eigenvalue weighted by atomic mass is 16.3. The first-order chi connectivity index (χ1) is 13.7. The molecule has 2 amide bonds. The first-order valence-electron chi connectivity index (χ1n) is 9.14. The molecule has 1 aliphatic heterocycles. The van der Waals surface area contributed by atoms with Gasteiger partial charge in [-0.25, -0.2) is 0 Å². The molecule has 5 rings (SSSR count). The van der Waals surface area contributed by atoms with Crippen molar-refractivity contribution in [2.45, 2.75) is 13.3 Å². The second kappa shape index (κ2) is 6.16. The number of carbonyl (C=O) groups is 2. The summed E-state index contributed by atoms with van der Waals surface area (Å²) in [6, 6.07) is 18.5. The van der Waals surface area contributed by atoms with Gasteiger partial charge in [0, 0.05) is 22.8 Å². The van der Waals surface area contributed by atoms with Crippen LogP contribution in [0, 0.1) is 0 Å². The molecule has 4 aromatic rings. The molecule has 0 bridgehead atoms. The van der Waals surface area contributed by atoms with E-state index in [2.05, 4.69) is 5.10 Å². The van der Waals surface area contributed by atoms with E-state index in [0.717, 1.165) is 32.7 Å². The molecule has 5 heteroatoms. The van der Waals surface area contributed by atoms with Crippen LogP contribution in [0.3, 0.4) is 0 Å². The van der Waals surface area contributed by atoms with Crippen LogP contribution in [0.4, 0.5) is 0 Å². The fourth-order valence-corrected chi connectivity index (χ4v) is 3.76. The molecule has 5 nitrogen and oxygen atoms in total. The van der Waals surface area contributed by atoms with Crippen molar-refractivity contribution in [3.63, 3.8) is 0 Å². The number of nitrogens with zero attached hydrogens (tertiary/aromatic N) is 2. The van der Waals surface area contributed by atoms with Gasteiger partial charge < -0.3 is 4.42 Å². The Labute approximate surface area is 160 Å². The smallest absolute Gasteiger partial charge is 0.282 e. The highest BCUT2D eigenvalue weighted by Gasteiger charge is 2.32. The van der Waals surface area contributed by atoms with Crippen LogP contribution in [0.15, 0.2) is 70.2 Å². The average molecular weight is 368 g/mol. The number of aryl methyl sites for hydroxylation is 1. The third-order valence-electron chi connectivity index (χ3n) is 5.08. The molecule has 0 aliphatic carbocycles. The lowest BCUT2D eigenvalue weighted by molar-refractivity contribution is 0.0616. The van der Waals surface area contributed by atoms with Gasteiger partial charge in [-0.05, 0) is 23.6 Å². The molecule has 28 heavy (non-hydrogen) atoms. The van der Waals surface area contributed by atoms with Gasteiger partial charge in [0.1, 0.15) is 11.3 Å². The maximum Gasteiger partial charge on any atom is 0.282 e. The summed E-state index contributed by atoms with van der Waals surface area (Å²) in [4.78, 5) is 25.9. The van der Waals surface area contributed by atoms with Gasteiger partial charge in [-0.3, -0.25) is 9.59 Å². The minimum absolute atomic E-state index is 0.420. The molecule has 1 aliphatic rings. The second-order valence-electron chi connectivity index (χ2n) is 6.66. The van der Waals surface area contributed by atoms with Crippen LogP contribution in [0.5, 0.6) is 0 Å². The van der Waals surface area contributed by atoms with Crippen molar-refractivity contribution in [1.29, 1.82) is 0 Å². The van der Waals surface area contributed by atoms with E-state index in [4.69, 9.17) is 4.42 Å². The summed E-state index contributed by atoms with van der Waals surface area (Å²) in [5.41, 5.74) is 2.51. The topological polar surface area (TPSA) is 62.9 Å². The first-order valence-corrected chi connectivity index (χ1v) is 9.14. The van der Waals surface area contributed by atoms with E-state index in [1.165, 1.54) is 0 Å². The number of rotatable bonds is 3. The molecule has 1 aromatic heterocycles. The van der Waals surface area contributed by atoms with Gasteiger partial charge in [-0.1, -0.05) is 49.4 Å². The Morgan fingerprint density at radius 1 is 0.929 bits per heavy atom. The molecule has 136 valence electrons. The number of hydrogen-bond donors (Lipinski definition) is 0. The Hall–Kier alpha value is -3.73. The number of hydrazone groups is 1. The summed E-state index contributed by atoms with van der Waals surface area (Å²) in [5, 5.41) is 7.69. The molecule has 0 unspecified atom stereocenters. The monoisotopic (exact) mass is 368 g/mol. The van der Waals surface area contributed by atoms with E-state index in [1.54, 1.807) is 18.3 Å². The summed E-state index contributed by atoms with van der Waals surface area (Å²) in [5.74, 6) is -0.0721. The molecule has 3 aromatic carbocycles. The standard InChI is InChI=1S/C23H16N2O3/c1-2-19-18(15-9-3-4-12-20(15)28-19)13-24-25-22(26)16-10-5-7-14-8-6-11-17(21(14)16)23(25)27/h3-13H,2H2,1H3/b24-13-. The summed E-state index contributed by atoms with van der Waals surface area (Å²) < 4.78 is 5.87.